The second-order valence-electron chi connectivity index (χ2n) is 5.69. The summed E-state index contributed by atoms with van der Waals surface area (Å²) in [5.41, 5.74) is 1.47. The van der Waals surface area contributed by atoms with Gasteiger partial charge >= 0.3 is 0 Å². The second kappa shape index (κ2) is 4.93. The van der Waals surface area contributed by atoms with Crippen LogP contribution in [0.25, 0.3) is 0 Å². The van der Waals surface area contributed by atoms with E-state index in [1.54, 1.807) is 6.07 Å². The van der Waals surface area contributed by atoms with E-state index in [0.717, 1.165) is 17.7 Å². The molecule has 1 fully saturated rings. The van der Waals surface area contributed by atoms with Crippen LogP contribution in [0.4, 0.5) is 10.1 Å². The molecule has 1 amide bonds. The standard InChI is InChI=1S/C15H19FN2O/c1-9-4-2-3-5-12(9)17-14-11-8-10(16)6-7-13(11)18-15(14)19/h6-9,12,14,17H,2-5H2,1H3,(H,18,19). The zero-order valence-corrected chi connectivity index (χ0v) is 11.1. The van der Waals surface area contributed by atoms with Gasteiger partial charge in [-0.1, -0.05) is 19.8 Å². The van der Waals surface area contributed by atoms with Gasteiger partial charge in [-0.05, 0) is 37.0 Å². The summed E-state index contributed by atoms with van der Waals surface area (Å²) in [6, 6.07) is 4.41. The van der Waals surface area contributed by atoms with Crippen molar-refractivity contribution in [1.29, 1.82) is 0 Å². The number of anilines is 1. The Morgan fingerprint density at radius 2 is 2.11 bits per heavy atom. The molecule has 3 atom stereocenters. The number of amides is 1. The van der Waals surface area contributed by atoms with Crippen molar-refractivity contribution in [1.82, 2.24) is 5.32 Å². The van der Waals surface area contributed by atoms with Crippen molar-refractivity contribution in [3.05, 3.63) is 29.6 Å². The summed E-state index contributed by atoms with van der Waals surface area (Å²) >= 11 is 0. The average Bonchev–Trinajstić information content (AvgIpc) is 2.69. The fraction of sp³-hybridized carbons (Fsp3) is 0.533. The van der Waals surface area contributed by atoms with Crippen LogP contribution in [0.15, 0.2) is 18.2 Å². The van der Waals surface area contributed by atoms with Crippen molar-refractivity contribution < 1.29 is 9.18 Å². The number of halogens is 1. The Kier molecular flexibility index (Phi) is 3.27. The van der Waals surface area contributed by atoms with Gasteiger partial charge in [-0.2, -0.15) is 0 Å². The lowest BCUT2D eigenvalue weighted by molar-refractivity contribution is -0.118. The second-order valence-corrected chi connectivity index (χ2v) is 5.69. The van der Waals surface area contributed by atoms with Crippen LogP contribution in [0.2, 0.25) is 0 Å². The molecule has 3 nitrogen and oxygen atoms in total. The van der Waals surface area contributed by atoms with E-state index >= 15 is 0 Å². The van der Waals surface area contributed by atoms with Crippen molar-refractivity contribution in [2.24, 2.45) is 5.92 Å². The minimum Gasteiger partial charge on any atom is -0.324 e. The fourth-order valence-electron chi connectivity index (χ4n) is 3.18. The van der Waals surface area contributed by atoms with Gasteiger partial charge in [-0.3, -0.25) is 10.1 Å². The van der Waals surface area contributed by atoms with Crippen molar-refractivity contribution in [3.8, 4) is 0 Å². The highest BCUT2D eigenvalue weighted by atomic mass is 19.1. The molecule has 0 bridgehead atoms. The molecule has 3 rings (SSSR count). The molecular weight excluding hydrogens is 243 g/mol. The molecule has 0 spiro atoms. The van der Waals surface area contributed by atoms with E-state index in [9.17, 15) is 9.18 Å². The summed E-state index contributed by atoms with van der Waals surface area (Å²) in [5, 5.41) is 6.23. The maximum absolute atomic E-state index is 13.4. The van der Waals surface area contributed by atoms with Crippen LogP contribution in [-0.2, 0) is 4.79 Å². The molecule has 1 heterocycles. The first kappa shape index (κ1) is 12.6. The van der Waals surface area contributed by atoms with Crippen molar-refractivity contribution in [3.63, 3.8) is 0 Å². The van der Waals surface area contributed by atoms with E-state index < -0.39 is 6.04 Å². The van der Waals surface area contributed by atoms with Crippen LogP contribution < -0.4 is 10.6 Å². The van der Waals surface area contributed by atoms with Gasteiger partial charge in [0.1, 0.15) is 11.9 Å². The Morgan fingerprint density at radius 1 is 1.32 bits per heavy atom. The first-order valence-corrected chi connectivity index (χ1v) is 7.01. The van der Waals surface area contributed by atoms with Gasteiger partial charge in [0, 0.05) is 17.3 Å². The molecule has 3 unspecified atom stereocenters. The van der Waals surface area contributed by atoms with Crippen LogP contribution in [0.1, 0.15) is 44.2 Å². The Labute approximate surface area is 112 Å². The van der Waals surface area contributed by atoms with E-state index in [4.69, 9.17) is 0 Å². The zero-order valence-electron chi connectivity index (χ0n) is 11.1. The van der Waals surface area contributed by atoms with Gasteiger partial charge in [0.25, 0.3) is 0 Å². The minimum absolute atomic E-state index is 0.0710. The molecule has 1 aliphatic carbocycles. The maximum atomic E-state index is 13.4. The number of nitrogens with one attached hydrogen (secondary N) is 2. The molecule has 0 aromatic heterocycles. The van der Waals surface area contributed by atoms with Crippen LogP contribution in [0.3, 0.4) is 0 Å². The summed E-state index contributed by atoms with van der Waals surface area (Å²) in [6.45, 7) is 2.22. The van der Waals surface area contributed by atoms with E-state index in [2.05, 4.69) is 17.6 Å². The Morgan fingerprint density at radius 3 is 2.89 bits per heavy atom. The third-order valence-corrected chi connectivity index (χ3v) is 4.34. The third-order valence-electron chi connectivity index (χ3n) is 4.34. The maximum Gasteiger partial charge on any atom is 0.246 e. The molecule has 2 aliphatic rings. The quantitative estimate of drug-likeness (QED) is 0.860. The monoisotopic (exact) mass is 262 g/mol. The summed E-state index contributed by atoms with van der Waals surface area (Å²) < 4.78 is 13.4. The van der Waals surface area contributed by atoms with Gasteiger partial charge in [0.15, 0.2) is 0 Å². The molecule has 1 aliphatic heterocycles. The highest BCUT2D eigenvalue weighted by Crippen LogP contribution is 2.33. The first-order chi connectivity index (χ1) is 9.15. The largest absolute Gasteiger partial charge is 0.324 e. The lowest BCUT2D eigenvalue weighted by Gasteiger charge is -2.31. The molecule has 4 heteroatoms. The van der Waals surface area contributed by atoms with Crippen LogP contribution in [-0.4, -0.2) is 11.9 Å². The number of carbonyl (C=O) groups is 1. The van der Waals surface area contributed by atoms with Crippen LogP contribution in [0, 0.1) is 11.7 Å². The third kappa shape index (κ3) is 2.37. The molecule has 1 aromatic carbocycles. The molecule has 2 N–H and O–H groups in total. The van der Waals surface area contributed by atoms with Crippen molar-refractivity contribution >= 4 is 11.6 Å². The topological polar surface area (TPSA) is 41.1 Å². The van der Waals surface area contributed by atoms with Crippen LogP contribution in [0.5, 0.6) is 0 Å². The number of carbonyl (C=O) groups excluding carboxylic acids is 1. The SMILES string of the molecule is CC1CCCCC1NC1C(=O)Nc2ccc(F)cc21. The molecule has 0 radical (unpaired) electrons. The first-order valence-electron chi connectivity index (χ1n) is 7.01. The van der Waals surface area contributed by atoms with E-state index in [-0.39, 0.29) is 11.7 Å². The number of rotatable bonds is 2. The fourth-order valence-corrected chi connectivity index (χ4v) is 3.18. The van der Waals surface area contributed by atoms with Gasteiger partial charge in [-0.25, -0.2) is 4.39 Å². The molecular formula is C15H19FN2O. The summed E-state index contributed by atoms with van der Waals surface area (Å²) in [6.07, 6.45) is 4.76. The summed E-state index contributed by atoms with van der Waals surface area (Å²) in [7, 11) is 0. The normalized spacial score (nSPS) is 30.0. The predicted octanol–water partition coefficient (Wildman–Crippen LogP) is 2.99. The van der Waals surface area contributed by atoms with Gasteiger partial charge < -0.3 is 5.32 Å². The van der Waals surface area contributed by atoms with E-state index in [0.29, 0.717) is 12.0 Å². The zero-order chi connectivity index (χ0) is 13.4. The smallest absolute Gasteiger partial charge is 0.246 e. The van der Waals surface area contributed by atoms with Crippen LogP contribution >= 0.6 is 0 Å². The minimum atomic E-state index is -0.406. The molecule has 1 aromatic rings. The number of hydrogen-bond acceptors (Lipinski definition) is 2. The lowest BCUT2D eigenvalue weighted by atomic mass is 9.85. The Bertz CT molecular complexity index is 503. The van der Waals surface area contributed by atoms with Crippen molar-refractivity contribution in [2.45, 2.75) is 44.7 Å². The lowest BCUT2D eigenvalue weighted by Crippen LogP contribution is -2.41. The van der Waals surface area contributed by atoms with E-state index in [1.807, 2.05) is 0 Å². The molecule has 102 valence electrons. The average molecular weight is 262 g/mol. The number of hydrogen-bond donors (Lipinski definition) is 2. The number of benzene rings is 1. The Balaban J connectivity index is 1.81. The van der Waals surface area contributed by atoms with Gasteiger partial charge in [0.05, 0.1) is 0 Å². The molecule has 19 heavy (non-hydrogen) atoms. The van der Waals surface area contributed by atoms with Crippen molar-refractivity contribution in [2.75, 3.05) is 5.32 Å². The highest BCUT2D eigenvalue weighted by Gasteiger charge is 2.34. The van der Waals surface area contributed by atoms with Gasteiger partial charge in [-0.15, -0.1) is 0 Å². The van der Waals surface area contributed by atoms with E-state index in [1.165, 1.54) is 31.4 Å². The number of fused-ring (bicyclic) bond motifs is 1. The Hall–Kier alpha value is -1.42. The van der Waals surface area contributed by atoms with Gasteiger partial charge in [0.2, 0.25) is 5.91 Å². The summed E-state index contributed by atoms with van der Waals surface area (Å²) in [4.78, 5) is 12.0. The highest BCUT2D eigenvalue weighted by molar-refractivity contribution is 6.02. The summed E-state index contributed by atoms with van der Waals surface area (Å²) in [5.74, 6) is 0.205. The molecule has 1 saturated carbocycles. The predicted molar refractivity (Wildman–Crippen MR) is 72.3 cm³/mol. The molecule has 0 saturated heterocycles.